The zero-order valence-corrected chi connectivity index (χ0v) is 8.84. The van der Waals surface area contributed by atoms with Crippen LogP contribution in [-0.2, 0) is 0 Å². The van der Waals surface area contributed by atoms with Crippen molar-refractivity contribution in [2.45, 2.75) is 31.7 Å². The smallest absolute Gasteiger partial charge is 0.170 e. The minimum atomic E-state index is 0.516. The van der Waals surface area contributed by atoms with Crippen LogP contribution in [0.5, 0.6) is 0 Å². The average molecular weight is 207 g/mol. The molecule has 0 aromatic carbocycles. The lowest BCUT2D eigenvalue weighted by atomic mass is 9.99. The van der Waals surface area contributed by atoms with Gasteiger partial charge in [-0.3, -0.25) is 0 Å². The van der Waals surface area contributed by atoms with Crippen LogP contribution in [0.15, 0.2) is 12.5 Å². The molecule has 1 aromatic heterocycles. The third kappa shape index (κ3) is 2.41. The van der Waals surface area contributed by atoms with Gasteiger partial charge in [-0.25, -0.2) is 4.98 Å². The molecule has 0 amide bonds. The van der Waals surface area contributed by atoms with E-state index in [0.29, 0.717) is 6.04 Å². The quantitative estimate of drug-likeness (QED) is 0.785. The fourth-order valence-corrected chi connectivity index (χ4v) is 2.17. The van der Waals surface area contributed by atoms with Gasteiger partial charge < -0.3 is 10.6 Å². The molecular formula is C10H17N5. The molecule has 5 heteroatoms. The molecule has 2 N–H and O–H groups in total. The predicted octanol–water partition coefficient (Wildman–Crippen LogP) is 0.579. The lowest BCUT2D eigenvalue weighted by molar-refractivity contribution is 0.437. The van der Waals surface area contributed by atoms with Crippen LogP contribution in [0.4, 0.5) is 5.82 Å². The molecule has 0 spiro atoms. The molecule has 1 saturated heterocycles. The van der Waals surface area contributed by atoms with Gasteiger partial charge in [0.25, 0.3) is 0 Å². The zero-order chi connectivity index (χ0) is 10.5. The first kappa shape index (κ1) is 10.3. The Labute approximate surface area is 89.7 Å². The molecule has 1 aromatic rings. The van der Waals surface area contributed by atoms with Gasteiger partial charge in [-0.2, -0.15) is 0 Å². The summed E-state index contributed by atoms with van der Waals surface area (Å²) in [6.45, 7) is 1.78. The molecule has 1 atom stereocenters. The summed E-state index contributed by atoms with van der Waals surface area (Å²) in [7, 11) is 0. The second kappa shape index (κ2) is 5.02. The minimum Gasteiger partial charge on any atom is -0.351 e. The minimum absolute atomic E-state index is 0.516. The second-order valence-electron chi connectivity index (χ2n) is 3.89. The molecule has 1 unspecified atom stereocenters. The molecule has 1 aliphatic heterocycles. The summed E-state index contributed by atoms with van der Waals surface area (Å²) < 4.78 is 0. The second-order valence-corrected chi connectivity index (χ2v) is 3.89. The van der Waals surface area contributed by atoms with Crippen LogP contribution < -0.4 is 10.6 Å². The molecule has 0 aliphatic carbocycles. The summed E-state index contributed by atoms with van der Waals surface area (Å²) >= 11 is 0. The van der Waals surface area contributed by atoms with Gasteiger partial charge in [-0.15, -0.1) is 10.2 Å². The van der Waals surface area contributed by atoms with Gasteiger partial charge in [0.15, 0.2) is 5.82 Å². The lowest BCUT2D eigenvalue weighted by Gasteiger charge is -2.35. The van der Waals surface area contributed by atoms with E-state index in [1.54, 1.807) is 6.20 Å². The van der Waals surface area contributed by atoms with Crippen molar-refractivity contribution in [1.82, 2.24) is 15.2 Å². The van der Waals surface area contributed by atoms with Crippen molar-refractivity contribution in [3.05, 3.63) is 12.5 Å². The van der Waals surface area contributed by atoms with Gasteiger partial charge in [-0.1, -0.05) is 0 Å². The van der Waals surface area contributed by atoms with E-state index in [4.69, 9.17) is 5.73 Å². The van der Waals surface area contributed by atoms with Crippen LogP contribution in [0.25, 0.3) is 0 Å². The van der Waals surface area contributed by atoms with Crippen molar-refractivity contribution in [3.63, 3.8) is 0 Å². The van der Waals surface area contributed by atoms with E-state index in [9.17, 15) is 0 Å². The number of nitrogens with zero attached hydrogens (tertiary/aromatic N) is 4. The Hall–Kier alpha value is -1.23. The largest absolute Gasteiger partial charge is 0.351 e. The molecule has 15 heavy (non-hydrogen) atoms. The molecule has 2 rings (SSSR count). The van der Waals surface area contributed by atoms with E-state index >= 15 is 0 Å². The molecule has 5 nitrogen and oxygen atoms in total. The van der Waals surface area contributed by atoms with Gasteiger partial charge in [0.2, 0.25) is 0 Å². The lowest BCUT2D eigenvalue weighted by Crippen LogP contribution is -2.41. The predicted molar refractivity (Wildman–Crippen MR) is 58.5 cm³/mol. The number of anilines is 1. The first-order valence-corrected chi connectivity index (χ1v) is 5.51. The highest BCUT2D eigenvalue weighted by atomic mass is 15.3. The Morgan fingerprint density at radius 1 is 1.47 bits per heavy atom. The summed E-state index contributed by atoms with van der Waals surface area (Å²) in [4.78, 5) is 6.30. The van der Waals surface area contributed by atoms with Crippen LogP contribution in [0, 0.1) is 0 Å². The van der Waals surface area contributed by atoms with E-state index in [1.807, 2.05) is 0 Å². The Kier molecular flexibility index (Phi) is 3.45. The van der Waals surface area contributed by atoms with Crippen molar-refractivity contribution in [2.24, 2.45) is 5.73 Å². The number of aromatic nitrogens is 3. The maximum absolute atomic E-state index is 5.62. The summed E-state index contributed by atoms with van der Waals surface area (Å²) in [6, 6.07) is 0.516. The number of nitrogens with two attached hydrogens (primary N) is 1. The van der Waals surface area contributed by atoms with E-state index in [1.165, 1.54) is 25.6 Å². The van der Waals surface area contributed by atoms with Crippen LogP contribution >= 0.6 is 0 Å². The Bertz CT molecular complexity index is 287. The van der Waals surface area contributed by atoms with Crippen LogP contribution in [0.1, 0.15) is 25.7 Å². The molecule has 2 heterocycles. The first-order chi connectivity index (χ1) is 7.42. The third-order valence-corrected chi connectivity index (χ3v) is 2.89. The topological polar surface area (TPSA) is 67.9 Å². The highest BCUT2D eigenvalue weighted by Gasteiger charge is 2.22. The molecule has 82 valence electrons. The number of hydrogen-bond acceptors (Lipinski definition) is 5. The summed E-state index contributed by atoms with van der Waals surface area (Å²) in [6.07, 6.45) is 7.98. The maximum atomic E-state index is 5.62. The van der Waals surface area contributed by atoms with Crippen molar-refractivity contribution in [3.8, 4) is 0 Å². The van der Waals surface area contributed by atoms with E-state index in [2.05, 4.69) is 20.1 Å². The van der Waals surface area contributed by atoms with E-state index in [-0.39, 0.29) is 0 Å². The third-order valence-electron chi connectivity index (χ3n) is 2.89. The monoisotopic (exact) mass is 207 g/mol. The number of piperidine rings is 1. The summed E-state index contributed by atoms with van der Waals surface area (Å²) in [5.41, 5.74) is 5.62. The standard InChI is InChI=1S/C10H17N5/c11-5-4-9-3-1-2-6-15(9)10-7-12-8-13-14-10/h7-9H,1-6,11H2. The van der Waals surface area contributed by atoms with Crippen LogP contribution in [0.2, 0.25) is 0 Å². The number of rotatable bonds is 3. The molecule has 0 bridgehead atoms. The molecular weight excluding hydrogens is 190 g/mol. The van der Waals surface area contributed by atoms with Crippen LogP contribution in [0.3, 0.4) is 0 Å². The zero-order valence-electron chi connectivity index (χ0n) is 8.84. The fraction of sp³-hybridized carbons (Fsp3) is 0.700. The van der Waals surface area contributed by atoms with Gasteiger partial charge in [0.1, 0.15) is 6.33 Å². The van der Waals surface area contributed by atoms with Gasteiger partial charge >= 0.3 is 0 Å². The summed E-state index contributed by atoms with van der Waals surface area (Å²) in [5, 5.41) is 7.93. The van der Waals surface area contributed by atoms with Gasteiger partial charge in [0.05, 0.1) is 6.20 Å². The molecule has 1 fully saturated rings. The Morgan fingerprint density at radius 2 is 2.40 bits per heavy atom. The normalized spacial score (nSPS) is 21.7. The fourth-order valence-electron chi connectivity index (χ4n) is 2.17. The summed E-state index contributed by atoms with van der Waals surface area (Å²) in [5.74, 6) is 0.885. The highest BCUT2D eigenvalue weighted by molar-refractivity contribution is 5.36. The first-order valence-electron chi connectivity index (χ1n) is 5.51. The molecule has 0 radical (unpaired) electrons. The average Bonchev–Trinajstić information content (AvgIpc) is 2.31. The van der Waals surface area contributed by atoms with Crippen molar-refractivity contribution in [2.75, 3.05) is 18.0 Å². The van der Waals surface area contributed by atoms with E-state index < -0.39 is 0 Å². The van der Waals surface area contributed by atoms with E-state index in [0.717, 1.165) is 25.3 Å². The molecule has 0 saturated carbocycles. The van der Waals surface area contributed by atoms with Gasteiger partial charge in [0, 0.05) is 12.6 Å². The Morgan fingerprint density at radius 3 is 3.13 bits per heavy atom. The number of hydrogen-bond donors (Lipinski definition) is 1. The van der Waals surface area contributed by atoms with Crippen molar-refractivity contribution < 1.29 is 0 Å². The van der Waals surface area contributed by atoms with Crippen molar-refractivity contribution in [1.29, 1.82) is 0 Å². The maximum Gasteiger partial charge on any atom is 0.170 e. The molecule has 1 aliphatic rings. The van der Waals surface area contributed by atoms with Gasteiger partial charge in [-0.05, 0) is 32.2 Å². The van der Waals surface area contributed by atoms with Crippen LogP contribution in [-0.4, -0.2) is 34.3 Å². The highest BCUT2D eigenvalue weighted by Crippen LogP contribution is 2.23. The Balaban J connectivity index is 2.11. The van der Waals surface area contributed by atoms with Crippen molar-refractivity contribution >= 4 is 5.82 Å². The SMILES string of the molecule is NCCC1CCCCN1c1cncnn1.